The van der Waals surface area contributed by atoms with Gasteiger partial charge in [-0.15, -0.1) is 0 Å². The monoisotopic (exact) mass is 332 g/mol. The van der Waals surface area contributed by atoms with E-state index >= 15 is 0 Å². The molecule has 6 heteroatoms. The summed E-state index contributed by atoms with van der Waals surface area (Å²) in [6.45, 7) is 3.31. The summed E-state index contributed by atoms with van der Waals surface area (Å²) in [5.41, 5.74) is 0.470. The van der Waals surface area contributed by atoms with E-state index in [-0.39, 0.29) is 10.5 Å². The fraction of sp³-hybridized carbons (Fsp3) is 0.118. The highest BCUT2D eigenvalue weighted by atomic mass is 32.2. The summed E-state index contributed by atoms with van der Waals surface area (Å²) < 4.78 is 43.8. The Balaban J connectivity index is 2.27. The van der Waals surface area contributed by atoms with Crippen LogP contribution in [0.1, 0.15) is 11.1 Å². The van der Waals surface area contributed by atoms with E-state index in [1.54, 1.807) is 18.2 Å². The van der Waals surface area contributed by atoms with Crippen molar-refractivity contribution in [3.8, 4) is 0 Å². The van der Waals surface area contributed by atoms with Crippen molar-refractivity contribution < 1.29 is 17.2 Å². The van der Waals surface area contributed by atoms with Crippen LogP contribution < -0.4 is 5.63 Å². The van der Waals surface area contributed by atoms with Crippen LogP contribution in [0.15, 0.2) is 61.5 Å². The Morgan fingerprint density at radius 3 is 2.43 bits per heavy atom. The minimum absolute atomic E-state index is 0.143. The second kappa shape index (κ2) is 5.31. The average molecular weight is 332 g/mol. The zero-order valence-electron chi connectivity index (χ0n) is 12.5. The molecule has 1 aromatic heterocycles. The van der Waals surface area contributed by atoms with E-state index in [1.807, 2.05) is 6.92 Å². The summed E-state index contributed by atoms with van der Waals surface area (Å²) >= 11 is 0. The van der Waals surface area contributed by atoms with Crippen LogP contribution in [0.25, 0.3) is 11.0 Å². The van der Waals surface area contributed by atoms with Crippen LogP contribution in [-0.4, -0.2) is 8.42 Å². The second-order valence-electron chi connectivity index (χ2n) is 5.35. The third-order valence-corrected chi connectivity index (χ3v) is 5.32. The summed E-state index contributed by atoms with van der Waals surface area (Å²) in [5, 5.41) is 0.516. The van der Waals surface area contributed by atoms with Crippen LogP contribution in [0.2, 0.25) is 0 Å². The van der Waals surface area contributed by atoms with E-state index in [0.29, 0.717) is 11.0 Å². The van der Waals surface area contributed by atoms with Crippen LogP contribution in [0.5, 0.6) is 0 Å². The van der Waals surface area contributed by atoms with Gasteiger partial charge in [-0.25, -0.2) is 17.6 Å². The Morgan fingerprint density at radius 1 is 1.00 bits per heavy atom. The van der Waals surface area contributed by atoms with Gasteiger partial charge in [0.05, 0.1) is 4.90 Å². The predicted molar refractivity (Wildman–Crippen MR) is 83.8 cm³/mol. The quantitative estimate of drug-likeness (QED) is 0.533. The second-order valence-corrected chi connectivity index (χ2v) is 7.27. The molecule has 118 valence electrons. The van der Waals surface area contributed by atoms with Crippen molar-refractivity contribution in [3.63, 3.8) is 0 Å². The van der Waals surface area contributed by atoms with E-state index < -0.39 is 26.2 Å². The number of rotatable bonds is 2. The van der Waals surface area contributed by atoms with Crippen molar-refractivity contribution in [1.82, 2.24) is 0 Å². The molecule has 0 saturated heterocycles. The highest BCUT2D eigenvalue weighted by molar-refractivity contribution is 7.91. The van der Waals surface area contributed by atoms with Gasteiger partial charge in [-0.05, 0) is 55.8 Å². The third-order valence-electron chi connectivity index (χ3n) is 3.58. The van der Waals surface area contributed by atoms with Gasteiger partial charge in [0.25, 0.3) is 0 Å². The molecule has 0 fully saturated rings. The van der Waals surface area contributed by atoms with Gasteiger partial charge < -0.3 is 4.42 Å². The molecule has 3 aromatic rings. The number of hydrogen-bond donors (Lipinski definition) is 0. The van der Waals surface area contributed by atoms with E-state index in [1.165, 1.54) is 19.1 Å². The Kier molecular flexibility index (Phi) is 3.56. The number of benzene rings is 2. The molecule has 0 spiro atoms. The van der Waals surface area contributed by atoms with Crippen molar-refractivity contribution in [1.29, 1.82) is 0 Å². The smallest absolute Gasteiger partial charge is 0.355 e. The molecule has 0 atom stereocenters. The molecule has 0 aliphatic carbocycles. The van der Waals surface area contributed by atoms with Gasteiger partial charge in [0, 0.05) is 5.39 Å². The minimum Gasteiger partial charge on any atom is -0.422 e. The maximum atomic E-state index is 13.3. The van der Waals surface area contributed by atoms with E-state index in [9.17, 15) is 17.6 Å². The molecule has 2 aromatic carbocycles. The number of fused-ring (bicyclic) bond motifs is 1. The highest BCUT2D eigenvalue weighted by Gasteiger charge is 2.24. The number of halogens is 1. The Hall–Kier alpha value is -2.47. The van der Waals surface area contributed by atoms with Crippen LogP contribution in [0.4, 0.5) is 4.39 Å². The number of aryl methyl sites for hydroxylation is 2. The summed E-state index contributed by atoms with van der Waals surface area (Å²) in [7, 11) is -4.09. The molecular formula is C17H13FO4S. The molecule has 0 saturated carbocycles. The molecule has 0 unspecified atom stereocenters. The number of hydrogen-bond acceptors (Lipinski definition) is 4. The lowest BCUT2D eigenvalue weighted by Gasteiger charge is -2.06. The van der Waals surface area contributed by atoms with Crippen LogP contribution in [0, 0.1) is 19.7 Å². The molecule has 23 heavy (non-hydrogen) atoms. The standard InChI is InChI=1S/C17H13FO4S/c1-10-3-6-15-12(7-10)9-16(17(19)22-15)23(20,21)13-4-5-14(18)11(2)8-13/h3-9H,1-2H3. The molecular weight excluding hydrogens is 319 g/mol. The van der Waals surface area contributed by atoms with E-state index in [2.05, 4.69) is 0 Å². The number of sulfone groups is 1. The maximum Gasteiger partial charge on any atom is 0.355 e. The van der Waals surface area contributed by atoms with Gasteiger partial charge in [0.1, 0.15) is 11.4 Å². The van der Waals surface area contributed by atoms with Gasteiger partial charge in [-0.2, -0.15) is 0 Å². The Bertz CT molecular complexity index is 1080. The molecule has 0 N–H and O–H groups in total. The normalized spacial score (nSPS) is 11.8. The lowest BCUT2D eigenvalue weighted by Crippen LogP contribution is -2.14. The molecule has 0 radical (unpaired) electrons. The first-order valence-electron chi connectivity index (χ1n) is 6.85. The molecule has 0 bridgehead atoms. The fourth-order valence-electron chi connectivity index (χ4n) is 2.32. The Morgan fingerprint density at radius 2 is 1.74 bits per heavy atom. The largest absolute Gasteiger partial charge is 0.422 e. The van der Waals surface area contributed by atoms with Gasteiger partial charge in [-0.1, -0.05) is 11.6 Å². The van der Waals surface area contributed by atoms with Crippen molar-refractivity contribution in [2.75, 3.05) is 0 Å². The third kappa shape index (κ3) is 2.66. The summed E-state index contributed by atoms with van der Waals surface area (Å²) in [5.74, 6) is -0.509. The van der Waals surface area contributed by atoms with Crippen molar-refractivity contribution in [2.45, 2.75) is 23.6 Å². The van der Waals surface area contributed by atoms with Crippen LogP contribution >= 0.6 is 0 Å². The molecule has 0 aliphatic rings. The predicted octanol–water partition coefficient (Wildman–Crippen LogP) is 3.38. The Labute approximate surface area is 132 Å². The zero-order valence-corrected chi connectivity index (χ0v) is 13.3. The van der Waals surface area contributed by atoms with Gasteiger partial charge in [0.2, 0.25) is 9.84 Å². The zero-order chi connectivity index (χ0) is 16.8. The molecule has 0 aliphatic heterocycles. The lowest BCUT2D eigenvalue weighted by atomic mass is 10.2. The first-order chi connectivity index (χ1) is 10.8. The van der Waals surface area contributed by atoms with Crippen molar-refractivity contribution >= 4 is 20.8 Å². The summed E-state index contributed by atoms with van der Waals surface area (Å²) in [6.07, 6.45) is 0. The molecule has 1 heterocycles. The lowest BCUT2D eigenvalue weighted by molar-refractivity contribution is 0.532. The average Bonchev–Trinajstić information content (AvgIpc) is 2.49. The van der Waals surface area contributed by atoms with Crippen molar-refractivity contribution in [2.24, 2.45) is 0 Å². The molecule has 4 nitrogen and oxygen atoms in total. The van der Waals surface area contributed by atoms with Gasteiger partial charge >= 0.3 is 5.63 Å². The molecule has 0 amide bonds. The van der Waals surface area contributed by atoms with Crippen molar-refractivity contribution in [3.05, 3.63) is 69.8 Å². The minimum atomic E-state index is -4.09. The van der Waals surface area contributed by atoms with Gasteiger partial charge in [-0.3, -0.25) is 0 Å². The SMILES string of the molecule is Cc1ccc2oc(=O)c(S(=O)(=O)c3ccc(F)c(C)c3)cc2c1. The van der Waals surface area contributed by atoms with E-state index in [0.717, 1.165) is 17.7 Å². The maximum absolute atomic E-state index is 13.3. The van der Waals surface area contributed by atoms with Crippen LogP contribution in [0.3, 0.4) is 0 Å². The van der Waals surface area contributed by atoms with Crippen LogP contribution in [-0.2, 0) is 9.84 Å². The first kappa shape index (κ1) is 15.4. The fourth-order valence-corrected chi connectivity index (χ4v) is 3.70. The molecule has 3 rings (SSSR count). The van der Waals surface area contributed by atoms with E-state index in [4.69, 9.17) is 4.42 Å². The topological polar surface area (TPSA) is 64.3 Å². The van der Waals surface area contributed by atoms with Gasteiger partial charge in [0.15, 0.2) is 4.90 Å². The summed E-state index contributed by atoms with van der Waals surface area (Å²) in [4.78, 5) is 11.5. The highest BCUT2D eigenvalue weighted by Crippen LogP contribution is 2.24. The first-order valence-corrected chi connectivity index (χ1v) is 8.33. The summed E-state index contributed by atoms with van der Waals surface area (Å²) in [6, 6.07) is 9.81.